The number of hydrogen-bond acceptors (Lipinski definition) is 3. The molecule has 5 nitrogen and oxygen atoms in total. The second kappa shape index (κ2) is 7.64. The quantitative estimate of drug-likeness (QED) is 0.825. The highest BCUT2D eigenvalue weighted by Crippen LogP contribution is 2.25. The molecule has 126 valence electrons. The number of carbonyl (C=O) groups is 2. The van der Waals surface area contributed by atoms with Crippen molar-refractivity contribution in [3.63, 3.8) is 0 Å². The molecule has 0 heterocycles. The Bertz CT molecular complexity index is 749. The third-order valence-corrected chi connectivity index (χ3v) is 3.46. The van der Waals surface area contributed by atoms with E-state index in [1.54, 1.807) is 12.1 Å². The second-order valence-corrected chi connectivity index (χ2v) is 5.85. The van der Waals surface area contributed by atoms with Crippen LogP contribution in [-0.2, 0) is 9.59 Å². The van der Waals surface area contributed by atoms with E-state index in [0.29, 0.717) is 17.1 Å². The summed E-state index contributed by atoms with van der Waals surface area (Å²) in [7, 11) is 1.53. The molecule has 0 saturated carbocycles. The van der Waals surface area contributed by atoms with Crippen molar-refractivity contribution in [3.8, 4) is 5.75 Å². The molecular formula is C19H22N2O3. The van der Waals surface area contributed by atoms with Crippen molar-refractivity contribution in [2.24, 2.45) is 0 Å². The van der Waals surface area contributed by atoms with E-state index in [0.717, 1.165) is 16.7 Å². The number of anilines is 2. The minimum atomic E-state index is -0.388. The van der Waals surface area contributed by atoms with Gasteiger partial charge in [0.1, 0.15) is 12.2 Å². The smallest absolute Gasteiger partial charge is 0.233 e. The van der Waals surface area contributed by atoms with E-state index in [2.05, 4.69) is 10.6 Å². The van der Waals surface area contributed by atoms with Gasteiger partial charge in [-0.05, 0) is 61.7 Å². The number of benzene rings is 2. The van der Waals surface area contributed by atoms with Crippen molar-refractivity contribution in [3.05, 3.63) is 53.1 Å². The van der Waals surface area contributed by atoms with Gasteiger partial charge in [-0.1, -0.05) is 12.1 Å². The number of aryl methyl sites for hydroxylation is 3. The van der Waals surface area contributed by atoms with Gasteiger partial charge in [-0.2, -0.15) is 0 Å². The molecule has 0 unspecified atom stereocenters. The molecule has 0 bridgehead atoms. The predicted octanol–water partition coefficient (Wildman–Crippen LogP) is 3.59. The van der Waals surface area contributed by atoms with Gasteiger partial charge in [0.2, 0.25) is 11.8 Å². The summed E-state index contributed by atoms with van der Waals surface area (Å²) in [6, 6.07) is 11.2. The first-order valence-corrected chi connectivity index (χ1v) is 7.70. The van der Waals surface area contributed by atoms with Crippen LogP contribution in [0.1, 0.15) is 23.1 Å². The highest BCUT2D eigenvalue weighted by Gasteiger charge is 2.13. The lowest BCUT2D eigenvalue weighted by Gasteiger charge is -2.11. The third kappa shape index (κ3) is 4.84. The minimum absolute atomic E-state index is 0.260. The van der Waals surface area contributed by atoms with E-state index in [9.17, 15) is 9.59 Å². The molecule has 5 heteroatoms. The van der Waals surface area contributed by atoms with Crippen LogP contribution in [0.3, 0.4) is 0 Å². The largest absolute Gasteiger partial charge is 0.495 e. The summed E-state index contributed by atoms with van der Waals surface area (Å²) in [5.74, 6) is -0.187. The van der Waals surface area contributed by atoms with Crippen LogP contribution in [0.15, 0.2) is 36.4 Å². The summed E-state index contributed by atoms with van der Waals surface area (Å²) in [6.07, 6.45) is -0.260. The molecule has 2 aromatic rings. The number of ether oxygens (including phenoxy) is 1. The Hall–Kier alpha value is -2.82. The van der Waals surface area contributed by atoms with Gasteiger partial charge in [0.05, 0.1) is 12.8 Å². The van der Waals surface area contributed by atoms with Crippen LogP contribution >= 0.6 is 0 Å². The standard InChI is InChI=1S/C19H22N2O3/c1-12-5-6-17(24-4)16(10-12)21-19(23)11-18(22)20-15-8-13(2)7-14(3)9-15/h5-10H,11H2,1-4H3,(H,20,22)(H,21,23). The first kappa shape index (κ1) is 17.5. The van der Waals surface area contributed by atoms with Gasteiger partial charge in [-0.15, -0.1) is 0 Å². The lowest BCUT2D eigenvalue weighted by atomic mass is 10.1. The van der Waals surface area contributed by atoms with E-state index in [-0.39, 0.29) is 18.2 Å². The van der Waals surface area contributed by atoms with E-state index in [1.165, 1.54) is 7.11 Å². The summed E-state index contributed by atoms with van der Waals surface area (Å²) < 4.78 is 5.21. The summed E-state index contributed by atoms with van der Waals surface area (Å²) >= 11 is 0. The minimum Gasteiger partial charge on any atom is -0.495 e. The molecule has 2 aromatic carbocycles. The fourth-order valence-corrected chi connectivity index (χ4v) is 2.51. The average molecular weight is 326 g/mol. The van der Waals surface area contributed by atoms with Crippen molar-refractivity contribution >= 4 is 23.2 Å². The fourth-order valence-electron chi connectivity index (χ4n) is 2.51. The van der Waals surface area contributed by atoms with Crippen LogP contribution in [0.5, 0.6) is 5.75 Å². The average Bonchev–Trinajstić information content (AvgIpc) is 2.45. The molecular weight excluding hydrogens is 304 g/mol. The van der Waals surface area contributed by atoms with Crippen molar-refractivity contribution in [1.29, 1.82) is 0 Å². The van der Waals surface area contributed by atoms with Crippen LogP contribution in [-0.4, -0.2) is 18.9 Å². The van der Waals surface area contributed by atoms with E-state index in [4.69, 9.17) is 4.74 Å². The van der Waals surface area contributed by atoms with Gasteiger partial charge >= 0.3 is 0 Å². The molecule has 2 rings (SSSR count). The van der Waals surface area contributed by atoms with E-state index < -0.39 is 0 Å². The normalized spacial score (nSPS) is 10.2. The zero-order chi connectivity index (χ0) is 17.7. The summed E-state index contributed by atoms with van der Waals surface area (Å²) in [5.41, 5.74) is 4.35. The first-order chi connectivity index (χ1) is 11.4. The van der Waals surface area contributed by atoms with Crippen LogP contribution in [0.2, 0.25) is 0 Å². The Labute approximate surface area is 142 Å². The van der Waals surface area contributed by atoms with Crippen LogP contribution < -0.4 is 15.4 Å². The molecule has 0 aromatic heterocycles. The van der Waals surface area contributed by atoms with Gasteiger partial charge < -0.3 is 15.4 Å². The molecule has 0 aliphatic carbocycles. The molecule has 2 amide bonds. The zero-order valence-corrected chi connectivity index (χ0v) is 14.4. The Morgan fingerprint density at radius 2 is 1.50 bits per heavy atom. The second-order valence-electron chi connectivity index (χ2n) is 5.85. The van der Waals surface area contributed by atoms with E-state index in [1.807, 2.05) is 45.0 Å². The maximum Gasteiger partial charge on any atom is 0.233 e. The molecule has 0 spiro atoms. The van der Waals surface area contributed by atoms with Gasteiger partial charge in [-0.25, -0.2) is 0 Å². The summed E-state index contributed by atoms with van der Waals surface area (Å²) in [4.78, 5) is 24.2. The van der Waals surface area contributed by atoms with Crippen molar-refractivity contribution in [2.45, 2.75) is 27.2 Å². The lowest BCUT2D eigenvalue weighted by molar-refractivity contribution is -0.123. The molecule has 0 aliphatic rings. The topological polar surface area (TPSA) is 67.4 Å². The molecule has 0 saturated heterocycles. The van der Waals surface area contributed by atoms with Crippen molar-refractivity contribution < 1.29 is 14.3 Å². The molecule has 0 aliphatic heterocycles. The van der Waals surface area contributed by atoms with Crippen LogP contribution in [0.25, 0.3) is 0 Å². The Kier molecular flexibility index (Phi) is 5.58. The molecule has 0 fully saturated rings. The summed E-state index contributed by atoms with van der Waals surface area (Å²) in [5, 5.41) is 5.47. The molecule has 24 heavy (non-hydrogen) atoms. The Morgan fingerprint density at radius 3 is 2.12 bits per heavy atom. The maximum absolute atomic E-state index is 12.1. The fraction of sp³-hybridized carbons (Fsp3) is 0.263. The van der Waals surface area contributed by atoms with Crippen molar-refractivity contribution in [2.75, 3.05) is 17.7 Å². The van der Waals surface area contributed by atoms with Gasteiger partial charge in [0.25, 0.3) is 0 Å². The third-order valence-electron chi connectivity index (χ3n) is 3.46. The van der Waals surface area contributed by atoms with E-state index >= 15 is 0 Å². The first-order valence-electron chi connectivity index (χ1n) is 7.70. The maximum atomic E-state index is 12.1. The van der Waals surface area contributed by atoms with Crippen LogP contribution in [0, 0.1) is 20.8 Å². The Balaban J connectivity index is 1.99. The number of nitrogens with one attached hydrogen (secondary N) is 2. The SMILES string of the molecule is COc1ccc(C)cc1NC(=O)CC(=O)Nc1cc(C)cc(C)c1. The molecule has 0 atom stereocenters. The zero-order valence-electron chi connectivity index (χ0n) is 14.4. The van der Waals surface area contributed by atoms with Crippen LogP contribution in [0.4, 0.5) is 11.4 Å². The number of hydrogen-bond donors (Lipinski definition) is 2. The molecule has 0 radical (unpaired) electrons. The van der Waals surface area contributed by atoms with Crippen molar-refractivity contribution in [1.82, 2.24) is 0 Å². The highest BCUT2D eigenvalue weighted by atomic mass is 16.5. The van der Waals surface area contributed by atoms with Gasteiger partial charge in [0.15, 0.2) is 0 Å². The summed E-state index contributed by atoms with van der Waals surface area (Å²) in [6.45, 7) is 5.83. The van der Waals surface area contributed by atoms with Gasteiger partial charge in [-0.3, -0.25) is 9.59 Å². The molecule has 2 N–H and O–H groups in total. The number of amides is 2. The predicted molar refractivity (Wildman–Crippen MR) is 95.5 cm³/mol. The lowest BCUT2D eigenvalue weighted by Crippen LogP contribution is -2.21. The van der Waals surface area contributed by atoms with Gasteiger partial charge in [0, 0.05) is 5.69 Å². The number of methoxy groups -OCH3 is 1. The Morgan fingerprint density at radius 1 is 0.875 bits per heavy atom. The highest BCUT2D eigenvalue weighted by molar-refractivity contribution is 6.08. The number of carbonyl (C=O) groups excluding carboxylic acids is 2. The monoisotopic (exact) mass is 326 g/mol. The number of rotatable bonds is 5.